The largest absolute Gasteiger partial charge is 0.392 e. The van der Waals surface area contributed by atoms with Gasteiger partial charge >= 0.3 is 0 Å². The van der Waals surface area contributed by atoms with Crippen LogP contribution in [0.5, 0.6) is 0 Å². The third kappa shape index (κ3) is 5.69. The predicted molar refractivity (Wildman–Crippen MR) is 168 cm³/mol. The van der Waals surface area contributed by atoms with E-state index in [9.17, 15) is 10.2 Å². The van der Waals surface area contributed by atoms with E-state index in [0.29, 0.717) is 0 Å². The summed E-state index contributed by atoms with van der Waals surface area (Å²) in [6.45, 7) is 1.68. The zero-order valence-corrected chi connectivity index (χ0v) is 24.2. The van der Waals surface area contributed by atoms with E-state index in [1.54, 1.807) is 0 Å². The Morgan fingerprint density at radius 3 is 1.35 bits per heavy atom. The molecule has 2 saturated carbocycles. The molecule has 4 atom stereocenters. The Labute approximate surface area is 239 Å². The van der Waals surface area contributed by atoms with Crippen molar-refractivity contribution in [2.75, 3.05) is 27.2 Å². The van der Waals surface area contributed by atoms with E-state index in [1.807, 2.05) is 14.1 Å². The van der Waals surface area contributed by atoms with E-state index in [2.05, 4.69) is 95.6 Å². The van der Waals surface area contributed by atoms with Gasteiger partial charge in [0.05, 0.1) is 12.2 Å². The van der Waals surface area contributed by atoms with Crippen LogP contribution in [-0.2, 0) is 10.8 Å². The number of fused-ring (bicyclic) bond motifs is 2. The van der Waals surface area contributed by atoms with Gasteiger partial charge in [0, 0.05) is 23.9 Å². The lowest BCUT2D eigenvalue weighted by Gasteiger charge is -2.42. The van der Waals surface area contributed by atoms with Crippen molar-refractivity contribution < 1.29 is 10.2 Å². The Kier molecular flexibility index (Phi) is 9.22. The highest BCUT2D eigenvalue weighted by atomic mass is 16.3. The number of rotatable bonds is 6. The molecule has 0 radical (unpaired) electrons. The molecule has 0 spiro atoms. The topological polar surface area (TPSA) is 64.5 Å². The molecule has 0 bridgehead atoms. The lowest BCUT2D eigenvalue weighted by Crippen LogP contribution is -2.48. The molecule has 6 rings (SSSR count). The molecule has 4 N–H and O–H groups in total. The number of hydrogen-bond donors (Lipinski definition) is 4. The van der Waals surface area contributed by atoms with Gasteiger partial charge in [-0.15, -0.1) is 0 Å². The summed E-state index contributed by atoms with van der Waals surface area (Å²) in [6.07, 6.45) is 8.14. The van der Waals surface area contributed by atoms with Gasteiger partial charge in [0.1, 0.15) is 0 Å². The molecule has 0 amide bonds. The van der Waals surface area contributed by atoms with E-state index in [-0.39, 0.29) is 23.0 Å². The Hall–Kier alpha value is -2.76. The minimum absolute atomic E-state index is 0.128. The molecule has 2 fully saturated rings. The Morgan fingerprint density at radius 1 is 0.575 bits per heavy atom. The van der Waals surface area contributed by atoms with Gasteiger partial charge in [0.2, 0.25) is 0 Å². The highest BCUT2D eigenvalue weighted by Crippen LogP contribution is 2.41. The maximum Gasteiger partial charge on any atom is 0.0649 e. The van der Waals surface area contributed by atoms with Crippen LogP contribution in [0.4, 0.5) is 0 Å². The second-order valence-electron chi connectivity index (χ2n) is 12.0. The van der Waals surface area contributed by atoms with Crippen molar-refractivity contribution in [3.63, 3.8) is 0 Å². The number of hydrogen-bond acceptors (Lipinski definition) is 4. The van der Waals surface area contributed by atoms with Crippen molar-refractivity contribution in [2.24, 2.45) is 0 Å². The van der Waals surface area contributed by atoms with E-state index in [4.69, 9.17) is 0 Å². The maximum absolute atomic E-state index is 10.6. The molecule has 4 aromatic rings. The molecule has 0 aliphatic heterocycles. The molecule has 0 unspecified atom stereocenters. The average Bonchev–Trinajstić information content (AvgIpc) is 2.99. The summed E-state index contributed by atoms with van der Waals surface area (Å²) < 4.78 is 0. The minimum Gasteiger partial charge on any atom is -0.392 e. The fourth-order valence-electron chi connectivity index (χ4n) is 7.36. The first-order valence-corrected chi connectivity index (χ1v) is 15.2. The van der Waals surface area contributed by atoms with Gasteiger partial charge < -0.3 is 20.8 Å². The summed E-state index contributed by atoms with van der Waals surface area (Å²) in [5.74, 6) is 0. The predicted octanol–water partition coefficient (Wildman–Crippen LogP) is 6.46. The zero-order valence-electron chi connectivity index (χ0n) is 24.2. The molecular formula is C36H46N2O2. The fourth-order valence-corrected chi connectivity index (χ4v) is 7.36. The molecule has 2 aliphatic rings. The van der Waals surface area contributed by atoms with Crippen LogP contribution in [0.15, 0.2) is 84.9 Å². The molecule has 212 valence electrons. The first-order valence-electron chi connectivity index (χ1n) is 15.2. The van der Waals surface area contributed by atoms with Gasteiger partial charge in [-0.05, 0) is 72.5 Å². The third-order valence-corrected chi connectivity index (χ3v) is 9.61. The highest BCUT2D eigenvalue weighted by Gasteiger charge is 2.42. The number of aliphatic hydroxyl groups excluding tert-OH is 2. The van der Waals surface area contributed by atoms with Crippen molar-refractivity contribution in [3.8, 4) is 0 Å². The van der Waals surface area contributed by atoms with E-state index < -0.39 is 0 Å². The van der Waals surface area contributed by atoms with Gasteiger partial charge in [-0.3, -0.25) is 0 Å². The summed E-state index contributed by atoms with van der Waals surface area (Å²) in [5.41, 5.74) is 2.30. The van der Waals surface area contributed by atoms with Crippen molar-refractivity contribution in [3.05, 3.63) is 96.1 Å². The van der Waals surface area contributed by atoms with Crippen LogP contribution in [0, 0.1) is 0 Å². The maximum atomic E-state index is 10.6. The zero-order chi connectivity index (χ0) is 28.0. The molecule has 4 nitrogen and oxygen atoms in total. The average molecular weight is 539 g/mol. The number of likely N-dealkylation sites (N-methyl/N-ethyl adjacent to an activating group) is 2. The summed E-state index contributed by atoms with van der Waals surface area (Å²) >= 11 is 0. The summed E-state index contributed by atoms with van der Waals surface area (Å²) in [7, 11) is 3.95. The normalized spacial score (nSPS) is 26.8. The molecule has 40 heavy (non-hydrogen) atoms. The Morgan fingerprint density at radius 2 is 0.975 bits per heavy atom. The summed E-state index contributed by atoms with van der Waals surface area (Å²) in [4.78, 5) is 0. The lowest BCUT2D eigenvalue weighted by molar-refractivity contribution is 0.0423. The summed E-state index contributed by atoms with van der Waals surface area (Å²) in [6, 6.07) is 30.2. The molecule has 2 aliphatic carbocycles. The van der Waals surface area contributed by atoms with Crippen molar-refractivity contribution >= 4 is 21.5 Å². The number of benzene rings is 4. The van der Waals surface area contributed by atoms with Gasteiger partial charge in [0.15, 0.2) is 0 Å². The van der Waals surface area contributed by atoms with Gasteiger partial charge in [-0.2, -0.15) is 0 Å². The first kappa shape index (κ1) is 28.8. The molecule has 0 aromatic heterocycles. The van der Waals surface area contributed by atoms with E-state index in [1.165, 1.54) is 45.5 Å². The quantitative estimate of drug-likeness (QED) is 0.227. The standard InChI is InChI=1S/2C18H23NO/c2*1-19-13-18(11-5-4-8-17(18)20)16-10-9-14-6-2-3-7-15(14)12-16/h2*2-3,6-7,9-10,12,17,19-20H,4-5,8,11,13H2,1H3/t2*17-,18-/m10/s1. The van der Waals surface area contributed by atoms with Crippen LogP contribution in [-0.4, -0.2) is 49.6 Å². The second-order valence-corrected chi connectivity index (χ2v) is 12.0. The molecule has 4 aromatic carbocycles. The van der Waals surface area contributed by atoms with E-state index in [0.717, 1.165) is 51.6 Å². The highest BCUT2D eigenvalue weighted by molar-refractivity contribution is 5.84. The molecule has 0 heterocycles. The van der Waals surface area contributed by atoms with Gasteiger partial charge in [0.25, 0.3) is 0 Å². The van der Waals surface area contributed by atoms with Crippen molar-refractivity contribution in [1.82, 2.24) is 10.6 Å². The second kappa shape index (κ2) is 12.8. The van der Waals surface area contributed by atoms with Gasteiger partial charge in [-0.1, -0.05) is 111 Å². The monoisotopic (exact) mass is 538 g/mol. The van der Waals surface area contributed by atoms with Crippen LogP contribution in [0.1, 0.15) is 62.5 Å². The molecular weight excluding hydrogens is 492 g/mol. The number of aliphatic hydroxyl groups is 2. The van der Waals surface area contributed by atoms with Crippen LogP contribution >= 0.6 is 0 Å². The third-order valence-electron chi connectivity index (χ3n) is 9.61. The first-order chi connectivity index (χ1) is 19.5. The van der Waals surface area contributed by atoms with Crippen molar-refractivity contribution in [2.45, 2.75) is 74.4 Å². The Balaban J connectivity index is 0.000000161. The lowest BCUT2D eigenvalue weighted by atomic mass is 9.67. The van der Waals surface area contributed by atoms with Gasteiger partial charge in [-0.25, -0.2) is 0 Å². The van der Waals surface area contributed by atoms with Crippen LogP contribution < -0.4 is 10.6 Å². The van der Waals surface area contributed by atoms with Crippen molar-refractivity contribution in [1.29, 1.82) is 0 Å². The fraction of sp³-hybridized carbons (Fsp3) is 0.444. The van der Waals surface area contributed by atoms with Crippen LogP contribution in [0.2, 0.25) is 0 Å². The minimum atomic E-state index is -0.245. The molecule has 0 saturated heterocycles. The Bertz CT molecular complexity index is 1290. The van der Waals surface area contributed by atoms with Crippen LogP contribution in [0.3, 0.4) is 0 Å². The van der Waals surface area contributed by atoms with Crippen LogP contribution in [0.25, 0.3) is 21.5 Å². The van der Waals surface area contributed by atoms with E-state index >= 15 is 0 Å². The number of nitrogens with one attached hydrogen (secondary N) is 2. The summed E-state index contributed by atoms with van der Waals surface area (Å²) in [5, 5.41) is 32.9. The molecule has 4 heteroatoms. The smallest absolute Gasteiger partial charge is 0.0649 e. The SMILES string of the molecule is CNC[C@@]1(c2ccc3ccccc3c2)CCCC[C@H]1O.CNC[C@]1(c2ccc3ccccc3c2)CCCC[C@@H]1O.